The van der Waals surface area contributed by atoms with Crippen LogP contribution >= 0.6 is 0 Å². The maximum absolute atomic E-state index is 11.1. The van der Waals surface area contributed by atoms with Crippen molar-refractivity contribution in [1.29, 1.82) is 0 Å². The monoisotopic (exact) mass is 230 g/mol. The van der Waals surface area contributed by atoms with Gasteiger partial charge in [-0.3, -0.25) is 0 Å². The molecule has 1 aromatic carbocycles. The molecule has 2 rings (SSSR count). The molecule has 0 spiro atoms. The second kappa shape index (κ2) is 5.67. The van der Waals surface area contributed by atoms with E-state index in [1.807, 2.05) is 6.07 Å². The molecule has 2 heteroatoms. The highest BCUT2D eigenvalue weighted by Crippen LogP contribution is 2.33. The number of carbonyl (C=O) groups excluding carboxylic acids is 1. The van der Waals surface area contributed by atoms with Crippen LogP contribution in [-0.4, -0.2) is 12.1 Å². The van der Waals surface area contributed by atoms with Gasteiger partial charge in [-0.05, 0) is 37.2 Å². The lowest BCUT2D eigenvalue weighted by Crippen LogP contribution is -2.22. The van der Waals surface area contributed by atoms with Crippen molar-refractivity contribution in [2.24, 2.45) is 0 Å². The Kier molecular flexibility index (Phi) is 3.97. The van der Waals surface area contributed by atoms with Crippen molar-refractivity contribution in [3.05, 3.63) is 48.6 Å². The number of hydrogen-bond donors (Lipinski definition) is 0. The van der Waals surface area contributed by atoms with Crippen LogP contribution in [0.4, 0.5) is 0 Å². The van der Waals surface area contributed by atoms with Crippen LogP contribution in [0, 0.1) is 0 Å². The Labute approximate surface area is 102 Å². The lowest BCUT2D eigenvalue weighted by molar-refractivity contribution is -0.144. The zero-order chi connectivity index (χ0) is 12.1. The molecule has 0 amide bonds. The summed E-state index contributed by atoms with van der Waals surface area (Å²) in [6.45, 7) is 3.41. The quantitative estimate of drug-likeness (QED) is 0.587. The van der Waals surface area contributed by atoms with E-state index in [0.29, 0.717) is 5.92 Å². The van der Waals surface area contributed by atoms with E-state index in [4.69, 9.17) is 4.74 Å². The molecule has 2 nitrogen and oxygen atoms in total. The zero-order valence-corrected chi connectivity index (χ0v) is 9.97. The van der Waals surface area contributed by atoms with E-state index in [0.717, 1.165) is 25.7 Å². The Morgan fingerprint density at radius 2 is 1.82 bits per heavy atom. The molecule has 1 aromatic rings. The average molecular weight is 230 g/mol. The molecule has 17 heavy (non-hydrogen) atoms. The summed E-state index contributed by atoms with van der Waals surface area (Å²) in [7, 11) is 0. The van der Waals surface area contributed by atoms with Crippen molar-refractivity contribution in [2.45, 2.75) is 37.7 Å². The SMILES string of the molecule is C=CC(=O)OC1CCC(c2ccccc2)CC1. The lowest BCUT2D eigenvalue weighted by Gasteiger charge is -2.28. The van der Waals surface area contributed by atoms with Crippen molar-refractivity contribution in [1.82, 2.24) is 0 Å². The molecule has 90 valence electrons. The molecule has 0 aromatic heterocycles. The Hall–Kier alpha value is -1.57. The van der Waals surface area contributed by atoms with Crippen LogP contribution in [0.2, 0.25) is 0 Å². The fraction of sp³-hybridized carbons (Fsp3) is 0.400. The summed E-state index contributed by atoms with van der Waals surface area (Å²) in [4.78, 5) is 11.1. The van der Waals surface area contributed by atoms with Crippen LogP contribution in [0.5, 0.6) is 0 Å². The third-order valence-corrected chi connectivity index (χ3v) is 3.39. The summed E-state index contributed by atoms with van der Waals surface area (Å²) in [6.07, 6.45) is 5.43. The Bertz CT molecular complexity index is 375. The van der Waals surface area contributed by atoms with E-state index in [-0.39, 0.29) is 12.1 Å². The van der Waals surface area contributed by atoms with E-state index in [1.165, 1.54) is 11.6 Å². The summed E-state index contributed by atoms with van der Waals surface area (Å²) < 4.78 is 5.27. The highest BCUT2D eigenvalue weighted by Gasteiger charge is 2.23. The van der Waals surface area contributed by atoms with Crippen molar-refractivity contribution >= 4 is 5.97 Å². The maximum Gasteiger partial charge on any atom is 0.330 e. The van der Waals surface area contributed by atoms with Gasteiger partial charge >= 0.3 is 5.97 Å². The van der Waals surface area contributed by atoms with Gasteiger partial charge in [-0.25, -0.2) is 4.79 Å². The number of ether oxygens (including phenoxy) is 1. The number of rotatable bonds is 3. The molecular weight excluding hydrogens is 212 g/mol. The number of esters is 1. The van der Waals surface area contributed by atoms with Crippen molar-refractivity contribution < 1.29 is 9.53 Å². The van der Waals surface area contributed by atoms with E-state index in [9.17, 15) is 4.79 Å². The molecule has 1 aliphatic rings. The Balaban J connectivity index is 1.86. The average Bonchev–Trinajstić information content (AvgIpc) is 2.40. The summed E-state index contributed by atoms with van der Waals surface area (Å²) in [6, 6.07) is 10.6. The molecule has 0 heterocycles. The molecule has 1 fully saturated rings. The van der Waals surface area contributed by atoms with Crippen molar-refractivity contribution in [3.63, 3.8) is 0 Å². The van der Waals surface area contributed by atoms with E-state index in [2.05, 4.69) is 30.8 Å². The molecule has 0 bridgehead atoms. The highest BCUT2D eigenvalue weighted by molar-refractivity contribution is 5.81. The lowest BCUT2D eigenvalue weighted by atomic mass is 9.83. The molecule has 0 atom stereocenters. The fourth-order valence-electron chi connectivity index (χ4n) is 2.45. The molecule has 0 saturated heterocycles. The minimum atomic E-state index is -0.298. The number of hydrogen-bond acceptors (Lipinski definition) is 2. The van der Waals surface area contributed by atoms with Crippen LogP contribution in [0.25, 0.3) is 0 Å². The third-order valence-electron chi connectivity index (χ3n) is 3.39. The third kappa shape index (κ3) is 3.19. The minimum Gasteiger partial charge on any atom is -0.459 e. The van der Waals surface area contributed by atoms with Gasteiger partial charge in [0.05, 0.1) is 0 Å². The van der Waals surface area contributed by atoms with Crippen molar-refractivity contribution in [2.75, 3.05) is 0 Å². The van der Waals surface area contributed by atoms with E-state index >= 15 is 0 Å². The summed E-state index contributed by atoms with van der Waals surface area (Å²) in [5.74, 6) is 0.322. The second-order valence-electron chi connectivity index (χ2n) is 4.53. The van der Waals surface area contributed by atoms with Gasteiger partial charge in [-0.1, -0.05) is 36.9 Å². The van der Waals surface area contributed by atoms with Gasteiger partial charge in [-0.15, -0.1) is 0 Å². The molecular formula is C15H18O2. The van der Waals surface area contributed by atoms with Crippen LogP contribution in [0.15, 0.2) is 43.0 Å². The number of carbonyl (C=O) groups is 1. The van der Waals surface area contributed by atoms with Gasteiger partial charge in [0.2, 0.25) is 0 Å². The fourth-order valence-corrected chi connectivity index (χ4v) is 2.45. The molecule has 0 radical (unpaired) electrons. The van der Waals surface area contributed by atoms with Crippen molar-refractivity contribution in [3.8, 4) is 0 Å². The van der Waals surface area contributed by atoms with Crippen LogP contribution < -0.4 is 0 Å². The summed E-state index contributed by atoms with van der Waals surface area (Å²) in [5.41, 5.74) is 1.40. The van der Waals surface area contributed by atoms with Gasteiger partial charge in [0.25, 0.3) is 0 Å². The summed E-state index contributed by atoms with van der Waals surface area (Å²) >= 11 is 0. The van der Waals surface area contributed by atoms with Crippen LogP contribution in [0.1, 0.15) is 37.2 Å². The molecule has 0 aliphatic heterocycles. The number of benzene rings is 1. The Morgan fingerprint density at radius 3 is 2.41 bits per heavy atom. The first-order chi connectivity index (χ1) is 8.29. The smallest absolute Gasteiger partial charge is 0.330 e. The highest BCUT2D eigenvalue weighted by atomic mass is 16.5. The van der Waals surface area contributed by atoms with Gasteiger partial charge in [0.1, 0.15) is 6.10 Å². The first-order valence-electron chi connectivity index (χ1n) is 6.17. The van der Waals surface area contributed by atoms with Gasteiger partial charge in [0.15, 0.2) is 0 Å². The minimum absolute atomic E-state index is 0.0838. The van der Waals surface area contributed by atoms with Gasteiger partial charge in [-0.2, -0.15) is 0 Å². The van der Waals surface area contributed by atoms with Gasteiger partial charge < -0.3 is 4.74 Å². The standard InChI is InChI=1S/C15H18O2/c1-2-15(16)17-14-10-8-13(9-11-14)12-6-4-3-5-7-12/h2-7,13-14H,1,8-11H2. The molecule has 1 saturated carbocycles. The normalized spacial score (nSPS) is 24.0. The van der Waals surface area contributed by atoms with Gasteiger partial charge in [0, 0.05) is 6.08 Å². The van der Waals surface area contributed by atoms with Crippen LogP contribution in [-0.2, 0) is 9.53 Å². The molecule has 1 aliphatic carbocycles. The van der Waals surface area contributed by atoms with E-state index in [1.54, 1.807) is 0 Å². The van der Waals surface area contributed by atoms with Crippen LogP contribution in [0.3, 0.4) is 0 Å². The summed E-state index contributed by atoms with van der Waals surface area (Å²) in [5, 5.41) is 0. The predicted octanol–water partition coefficient (Wildman–Crippen LogP) is 3.44. The molecule has 0 unspecified atom stereocenters. The zero-order valence-electron chi connectivity index (χ0n) is 9.97. The topological polar surface area (TPSA) is 26.3 Å². The first-order valence-corrected chi connectivity index (χ1v) is 6.17. The predicted molar refractivity (Wildman–Crippen MR) is 67.7 cm³/mol. The first kappa shape index (κ1) is 11.9. The maximum atomic E-state index is 11.1. The van der Waals surface area contributed by atoms with E-state index < -0.39 is 0 Å². The largest absolute Gasteiger partial charge is 0.459 e. The second-order valence-corrected chi connectivity index (χ2v) is 4.53. The Morgan fingerprint density at radius 1 is 1.18 bits per heavy atom. The molecule has 0 N–H and O–H groups in total.